The summed E-state index contributed by atoms with van der Waals surface area (Å²) in [6, 6.07) is 18.1. The van der Waals surface area contributed by atoms with Crippen LogP contribution in [-0.4, -0.2) is 26.3 Å². The Labute approximate surface area is 180 Å². The number of anilines is 1. The molecule has 0 aliphatic rings. The van der Waals surface area contributed by atoms with Crippen LogP contribution >= 0.6 is 11.8 Å². The van der Waals surface area contributed by atoms with Crippen LogP contribution in [0.15, 0.2) is 59.8 Å². The molecule has 0 radical (unpaired) electrons. The summed E-state index contributed by atoms with van der Waals surface area (Å²) in [5.74, 6) is 0.204. The van der Waals surface area contributed by atoms with Gasteiger partial charge in [0.1, 0.15) is 0 Å². The number of aromatic nitrogens is 3. The molecule has 152 valence electrons. The van der Waals surface area contributed by atoms with Gasteiger partial charge in [-0.15, -0.1) is 0 Å². The largest absolute Gasteiger partial charge is 0.325 e. The molecule has 2 heterocycles. The van der Waals surface area contributed by atoms with Crippen LogP contribution < -0.4 is 5.32 Å². The van der Waals surface area contributed by atoms with Gasteiger partial charge < -0.3 is 5.32 Å². The molecule has 2 aromatic heterocycles. The Morgan fingerprint density at radius 2 is 1.67 bits per heavy atom. The molecule has 2 aromatic carbocycles. The van der Waals surface area contributed by atoms with Crippen LogP contribution in [0.1, 0.15) is 22.4 Å². The third kappa shape index (κ3) is 3.96. The molecule has 0 atom stereocenters. The van der Waals surface area contributed by atoms with E-state index in [0.717, 1.165) is 44.8 Å². The average Bonchev–Trinajstić information content (AvgIpc) is 3.09. The third-order valence-corrected chi connectivity index (χ3v) is 5.94. The van der Waals surface area contributed by atoms with Crippen LogP contribution in [0.3, 0.4) is 0 Å². The highest BCUT2D eigenvalue weighted by molar-refractivity contribution is 7.99. The fraction of sp³-hybridized carbons (Fsp3) is 0.208. The van der Waals surface area contributed by atoms with Crippen LogP contribution in [0.2, 0.25) is 0 Å². The minimum absolute atomic E-state index is 0.0558. The maximum absolute atomic E-state index is 12.6. The number of para-hydroxylation sites is 1. The van der Waals surface area contributed by atoms with Crippen molar-refractivity contribution < 1.29 is 4.79 Å². The second kappa shape index (κ2) is 8.32. The Morgan fingerprint density at radius 1 is 0.967 bits per heavy atom. The number of carbonyl (C=O) groups excluding carboxylic acids is 1. The first-order chi connectivity index (χ1) is 14.4. The Hall–Kier alpha value is -3.12. The highest BCUT2D eigenvalue weighted by Gasteiger charge is 2.18. The third-order valence-electron chi connectivity index (χ3n) is 5.01. The second-order valence-electron chi connectivity index (χ2n) is 7.44. The van der Waals surface area contributed by atoms with Gasteiger partial charge in [-0.2, -0.15) is 5.10 Å². The number of hydrogen-bond donors (Lipinski definition) is 1. The van der Waals surface area contributed by atoms with E-state index in [0.29, 0.717) is 5.16 Å². The number of nitrogens with zero attached hydrogens (tertiary/aromatic N) is 3. The Balaban J connectivity index is 1.64. The molecule has 0 unspecified atom stereocenters. The summed E-state index contributed by atoms with van der Waals surface area (Å²) >= 11 is 1.40. The van der Waals surface area contributed by atoms with Crippen molar-refractivity contribution in [3.63, 3.8) is 0 Å². The first-order valence-corrected chi connectivity index (χ1v) is 10.8. The SMILES string of the molecule is Cc1cc(C)c2c(-c3ccccc3)nc(SCC(=O)Nc3c(C)cccc3C)n2n1. The van der Waals surface area contributed by atoms with E-state index < -0.39 is 0 Å². The predicted molar refractivity (Wildman–Crippen MR) is 123 cm³/mol. The molecule has 1 N–H and O–H groups in total. The summed E-state index contributed by atoms with van der Waals surface area (Å²) in [6.45, 7) is 8.04. The molecule has 0 bridgehead atoms. The number of nitrogens with one attached hydrogen (secondary N) is 1. The Morgan fingerprint density at radius 3 is 2.37 bits per heavy atom. The smallest absolute Gasteiger partial charge is 0.234 e. The second-order valence-corrected chi connectivity index (χ2v) is 8.38. The standard InChI is InChI=1S/C24H24N4OS/c1-15-9-8-10-16(2)21(15)25-20(29)14-30-24-26-22(19-11-6-5-7-12-19)23-17(3)13-18(4)27-28(23)24/h5-13H,14H2,1-4H3,(H,25,29). The van der Waals surface area contributed by atoms with Gasteiger partial charge in [-0.25, -0.2) is 9.50 Å². The van der Waals surface area contributed by atoms with Crippen LogP contribution in [0.5, 0.6) is 0 Å². The lowest BCUT2D eigenvalue weighted by Crippen LogP contribution is -2.16. The van der Waals surface area contributed by atoms with Crippen LogP contribution in [0, 0.1) is 27.7 Å². The summed E-state index contributed by atoms with van der Waals surface area (Å²) in [6.07, 6.45) is 0. The van der Waals surface area contributed by atoms with Crippen molar-refractivity contribution in [3.8, 4) is 11.3 Å². The average molecular weight is 417 g/mol. The molecule has 0 fully saturated rings. The van der Waals surface area contributed by atoms with Crippen molar-refractivity contribution in [2.24, 2.45) is 0 Å². The van der Waals surface area contributed by atoms with E-state index >= 15 is 0 Å². The van der Waals surface area contributed by atoms with E-state index in [1.54, 1.807) is 0 Å². The van der Waals surface area contributed by atoms with E-state index in [1.165, 1.54) is 11.8 Å². The number of imidazole rings is 1. The summed E-state index contributed by atoms with van der Waals surface area (Å²) in [7, 11) is 0. The van der Waals surface area contributed by atoms with Crippen LogP contribution in [0.25, 0.3) is 16.8 Å². The van der Waals surface area contributed by atoms with Gasteiger partial charge in [-0.05, 0) is 50.5 Å². The normalized spacial score (nSPS) is 11.1. The molecule has 4 aromatic rings. The molecular weight excluding hydrogens is 392 g/mol. The van der Waals surface area contributed by atoms with Gasteiger partial charge in [0.05, 0.1) is 22.7 Å². The van der Waals surface area contributed by atoms with Crippen molar-refractivity contribution in [1.82, 2.24) is 14.6 Å². The minimum atomic E-state index is -0.0558. The zero-order valence-electron chi connectivity index (χ0n) is 17.6. The number of fused-ring (bicyclic) bond motifs is 1. The van der Waals surface area contributed by atoms with E-state index in [2.05, 4.69) is 23.4 Å². The highest BCUT2D eigenvalue weighted by Crippen LogP contribution is 2.31. The fourth-order valence-electron chi connectivity index (χ4n) is 3.61. The summed E-state index contributed by atoms with van der Waals surface area (Å²) in [4.78, 5) is 17.5. The minimum Gasteiger partial charge on any atom is -0.325 e. The van der Waals surface area contributed by atoms with Crippen LogP contribution in [0.4, 0.5) is 5.69 Å². The maximum atomic E-state index is 12.6. The lowest BCUT2D eigenvalue weighted by Gasteiger charge is -2.11. The number of amides is 1. The maximum Gasteiger partial charge on any atom is 0.234 e. The van der Waals surface area contributed by atoms with Gasteiger partial charge in [-0.1, -0.05) is 60.3 Å². The fourth-order valence-corrected chi connectivity index (χ4v) is 4.36. The van der Waals surface area contributed by atoms with E-state index in [1.807, 2.05) is 73.8 Å². The molecular formula is C24H24N4OS. The van der Waals surface area contributed by atoms with E-state index in [-0.39, 0.29) is 11.7 Å². The molecule has 30 heavy (non-hydrogen) atoms. The molecule has 0 aliphatic heterocycles. The highest BCUT2D eigenvalue weighted by atomic mass is 32.2. The molecule has 4 rings (SSSR count). The first-order valence-electron chi connectivity index (χ1n) is 9.85. The molecule has 1 amide bonds. The van der Waals surface area contributed by atoms with Gasteiger partial charge >= 0.3 is 0 Å². The monoisotopic (exact) mass is 416 g/mol. The van der Waals surface area contributed by atoms with Crippen molar-refractivity contribution in [2.45, 2.75) is 32.9 Å². The number of carbonyl (C=O) groups is 1. The topological polar surface area (TPSA) is 59.3 Å². The van der Waals surface area contributed by atoms with Gasteiger partial charge in [0, 0.05) is 11.3 Å². The van der Waals surface area contributed by atoms with Crippen molar-refractivity contribution in [1.29, 1.82) is 0 Å². The van der Waals surface area contributed by atoms with Gasteiger partial charge in [0.2, 0.25) is 5.91 Å². The van der Waals surface area contributed by atoms with E-state index in [9.17, 15) is 4.79 Å². The molecule has 0 aliphatic carbocycles. The summed E-state index contributed by atoms with van der Waals surface area (Å²) in [5.41, 5.74) is 7.92. The quantitative estimate of drug-likeness (QED) is 0.445. The predicted octanol–water partition coefficient (Wildman–Crippen LogP) is 5.36. The van der Waals surface area contributed by atoms with Gasteiger partial charge in [0.15, 0.2) is 5.16 Å². The summed E-state index contributed by atoms with van der Waals surface area (Å²) < 4.78 is 1.87. The number of hydrogen-bond acceptors (Lipinski definition) is 4. The Bertz CT molecular complexity index is 1210. The van der Waals surface area contributed by atoms with Gasteiger partial charge in [-0.3, -0.25) is 4.79 Å². The number of aryl methyl sites for hydroxylation is 4. The number of rotatable bonds is 5. The Kier molecular flexibility index (Phi) is 5.59. The lowest BCUT2D eigenvalue weighted by molar-refractivity contribution is -0.113. The molecule has 0 spiro atoms. The molecule has 0 saturated carbocycles. The van der Waals surface area contributed by atoms with E-state index in [4.69, 9.17) is 4.98 Å². The summed E-state index contributed by atoms with van der Waals surface area (Å²) in [5, 5.41) is 8.43. The first kappa shape index (κ1) is 20.2. The lowest BCUT2D eigenvalue weighted by atomic mass is 10.1. The molecule has 0 saturated heterocycles. The number of benzene rings is 2. The van der Waals surface area contributed by atoms with Crippen LogP contribution in [-0.2, 0) is 4.79 Å². The van der Waals surface area contributed by atoms with Gasteiger partial charge in [0.25, 0.3) is 0 Å². The van der Waals surface area contributed by atoms with Crippen molar-refractivity contribution in [2.75, 3.05) is 11.1 Å². The van der Waals surface area contributed by atoms with Crippen molar-refractivity contribution in [3.05, 3.63) is 77.0 Å². The zero-order valence-corrected chi connectivity index (χ0v) is 18.4. The number of thioether (sulfide) groups is 1. The molecule has 6 heteroatoms. The van der Waals surface area contributed by atoms with Crippen molar-refractivity contribution >= 4 is 28.9 Å². The zero-order chi connectivity index (χ0) is 21.3. The molecule has 5 nitrogen and oxygen atoms in total.